The van der Waals surface area contributed by atoms with Crippen LogP contribution in [-0.4, -0.2) is 26.1 Å². The normalized spacial score (nSPS) is 12.8. The van der Waals surface area contributed by atoms with Crippen LogP contribution in [0.25, 0.3) is 16.7 Å². The molecule has 1 aromatic carbocycles. The molecule has 0 saturated heterocycles. The Morgan fingerprint density at radius 2 is 1.73 bits per heavy atom. The Morgan fingerprint density at radius 3 is 2.23 bits per heavy atom. The minimum absolute atomic E-state index is 0.0130. The Kier molecular flexibility index (Phi) is 5.25. The number of fused-ring (bicyclic) bond motifs is 1. The summed E-state index contributed by atoms with van der Waals surface area (Å²) in [6, 6.07) is 1.87. The van der Waals surface area contributed by atoms with Gasteiger partial charge in [-0.2, -0.15) is 13.2 Å². The van der Waals surface area contributed by atoms with E-state index in [-0.39, 0.29) is 27.7 Å². The third-order valence-electron chi connectivity index (χ3n) is 4.04. The number of nitrogens with two attached hydrogens (primary N) is 1. The van der Waals surface area contributed by atoms with Crippen molar-refractivity contribution in [1.82, 2.24) is 19.7 Å². The van der Waals surface area contributed by atoms with E-state index in [1.807, 2.05) is 0 Å². The number of aromatic nitrogens is 4. The van der Waals surface area contributed by atoms with Crippen LogP contribution in [0.5, 0.6) is 5.75 Å². The van der Waals surface area contributed by atoms with Crippen LogP contribution >= 0.6 is 11.6 Å². The molecule has 3 aromatic rings. The summed E-state index contributed by atoms with van der Waals surface area (Å²) in [5.74, 6) is -1.56. The van der Waals surface area contributed by atoms with Gasteiger partial charge in [-0.1, -0.05) is 25.4 Å². The van der Waals surface area contributed by atoms with Crippen LogP contribution in [0, 0.1) is 6.92 Å². The summed E-state index contributed by atoms with van der Waals surface area (Å²) in [4.78, 5) is 7.63. The number of benzene rings is 1. The van der Waals surface area contributed by atoms with Gasteiger partial charge in [0.15, 0.2) is 11.3 Å². The minimum atomic E-state index is -4.94. The number of nitrogen functional groups attached to an aromatic ring is 1. The van der Waals surface area contributed by atoms with Crippen LogP contribution < -0.4 is 10.5 Å². The number of anilines is 1. The number of ether oxygens (including phenoxy) is 1. The molecular weight excluding hydrogens is 440 g/mol. The quantitative estimate of drug-likeness (QED) is 0.537. The van der Waals surface area contributed by atoms with E-state index >= 15 is 0 Å². The Bertz CT molecular complexity index is 1100. The predicted molar refractivity (Wildman–Crippen MR) is 96.6 cm³/mol. The third-order valence-corrected chi connectivity index (χ3v) is 4.33. The monoisotopic (exact) mass is 453 g/mol. The molecule has 0 unspecified atom stereocenters. The molecule has 30 heavy (non-hydrogen) atoms. The zero-order valence-corrected chi connectivity index (χ0v) is 16.4. The fourth-order valence-electron chi connectivity index (χ4n) is 2.83. The highest BCUT2D eigenvalue weighted by atomic mass is 35.5. The van der Waals surface area contributed by atoms with E-state index in [9.17, 15) is 26.3 Å². The van der Waals surface area contributed by atoms with Crippen molar-refractivity contribution in [2.24, 2.45) is 0 Å². The molecule has 2 heterocycles. The summed E-state index contributed by atoms with van der Waals surface area (Å²) >= 11 is 6.09. The number of aryl methyl sites for hydroxylation is 1. The molecule has 0 bridgehead atoms. The molecule has 0 atom stereocenters. The molecule has 162 valence electrons. The van der Waals surface area contributed by atoms with Crippen LogP contribution in [0.3, 0.4) is 0 Å². The SMILES string of the molecule is Cc1cc(OC(F)(F)F)cc(Cl)c1-n1nc2nc(C(C)C)nc(C(F)(F)F)c2c1N. The molecule has 0 saturated carbocycles. The van der Waals surface area contributed by atoms with Gasteiger partial charge in [-0.25, -0.2) is 14.6 Å². The van der Waals surface area contributed by atoms with Gasteiger partial charge in [0, 0.05) is 12.0 Å². The summed E-state index contributed by atoms with van der Waals surface area (Å²) in [5.41, 5.74) is 4.47. The van der Waals surface area contributed by atoms with Crippen molar-refractivity contribution >= 4 is 28.5 Å². The van der Waals surface area contributed by atoms with E-state index in [1.54, 1.807) is 13.8 Å². The number of rotatable bonds is 3. The van der Waals surface area contributed by atoms with Crippen molar-refractivity contribution in [3.8, 4) is 11.4 Å². The fourth-order valence-corrected chi connectivity index (χ4v) is 3.16. The van der Waals surface area contributed by atoms with Gasteiger partial charge in [0.2, 0.25) is 0 Å². The maximum atomic E-state index is 13.6. The lowest BCUT2D eigenvalue weighted by atomic mass is 10.1. The van der Waals surface area contributed by atoms with E-state index < -0.39 is 41.1 Å². The van der Waals surface area contributed by atoms with E-state index in [2.05, 4.69) is 19.8 Å². The molecule has 2 N–H and O–H groups in total. The zero-order chi connectivity index (χ0) is 22.6. The molecule has 0 aliphatic carbocycles. The van der Waals surface area contributed by atoms with Gasteiger partial charge >= 0.3 is 12.5 Å². The van der Waals surface area contributed by atoms with E-state index in [4.69, 9.17) is 17.3 Å². The number of halogens is 7. The lowest BCUT2D eigenvalue weighted by Gasteiger charge is -2.14. The average Bonchev–Trinajstić information content (AvgIpc) is 2.87. The molecule has 0 aliphatic heterocycles. The first-order valence-electron chi connectivity index (χ1n) is 8.38. The highest BCUT2D eigenvalue weighted by Crippen LogP contribution is 2.39. The van der Waals surface area contributed by atoms with Gasteiger partial charge in [0.05, 0.1) is 16.1 Å². The van der Waals surface area contributed by atoms with Gasteiger partial charge in [-0.15, -0.1) is 18.3 Å². The largest absolute Gasteiger partial charge is 0.573 e. The minimum Gasteiger partial charge on any atom is -0.406 e. The number of hydrogen-bond acceptors (Lipinski definition) is 5. The molecule has 0 spiro atoms. The highest BCUT2D eigenvalue weighted by molar-refractivity contribution is 6.32. The second-order valence-corrected chi connectivity index (χ2v) is 7.10. The lowest BCUT2D eigenvalue weighted by molar-refractivity contribution is -0.274. The fraction of sp³-hybridized carbons (Fsp3) is 0.353. The maximum Gasteiger partial charge on any atom is 0.573 e. The van der Waals surface area contributed by atoms with Crippen molar-refractivity contribution < 1.29 is 31.1 Å². The summed E-state index contributed by atoms with van der Waals surface area (Å²) in [5, 5.41) is 3.22. The van der Waals surface area contributed by atoms with Crippen molar-refractivity contribution in [2.45, 2.75) is 39.2 Å². The Balaban J connectivity index is 2.27. The predicted octanol–water partition coefficient (Wildman–Crippen LogP) is 5.40. The van der Waals surface area contributed by atoms with Crippen LogP contribution in [0.2, 0.25) is 5.02 Å². The summed E-state index contributed by atoms with van der Waals surface area (Å²) in [7, 11) is 0. The summed E-state index contributed by atoms with van der Waals surface area (Å²) in [6.07, 6.45) is -9.78. The molecule has 3 rings (SSSR count). The van der Waals surface area contributed by atoms with Crippen LogP contribution in [0.1, 0.15) is 36.8 Å². The lowest BCUT2D eigenvalue weighted by Crippen LogP contribution is -2.17. The van der Waals surface area contributed by atoms with Gasteiger partial charge in [0.1, 0.15) is 17.4 Å². The summed E-state index contributed by atoms with van der Waals surface area (Å²) in [6.45, 7) is 4.61. The van der Waals surface area contributed by atoms with Crippen molar-refractivity contribution in [1.29, 1.82) is 0 Å². The first-order valence-corrected chi connectivity index (χ1v) is 8.76. The Hall–Kier alpha value is -2.76. The van der Waals surface area contributed by atoms with Gasteiger partial charge in [-0.05, 0) is 18.6 Å². The molecule has 0 amide bonds. The molecule has 0 fully saturated rings. The first kappa shape index (κ1) is 21.9. The van der Waals surface area contributed by atoms with E-state index in [1.165, 1.54) is 6.92 Å². The topological polar surface area (TPSA) is 78.8 Å². The first-order chi connectivity index (χ1) is 13.7. The average molecular weight is 454 g/mol. The third kappa shape index (κ3) is 4.09. The standard InChI is InChI=1S/C17H14ClF6N5O/c1-6(2)14-26-12(16(19,20)21)10-13(25)29(28-15(10)27-14)11-7(3)4-8(5-9(11)18)30-17(22,23)24/h4-6H,25H2,1-3H3. The van der Waals surface area contributed by atoms with Crippen LogP contribution in [0.4, 0.5) is 32.2 Å². The van der Waals surface area contributed by atoms with E-state index in [0.29, 0.717) is 0 Å². The van der Waals surface area contributed by atoms with Crippen LogP contribution in [0.15, 0.2) is 12.1 Å². The van der Waals surface area contributed by atoms with Crippen molar-refractivity contribution in [2.75, 3.05) is 5.73 Å². The number of nitrogens with zero attached hydrogens (tertiary/aromatic N) is 4. The Morgan fingerprint density at radius 1 is 1.10 bits per heavy atom. The van der Waals surface area contributed by atoms with Gasteiger partial charge in [0.25, 0.3) is 0 Å². The number of alkyl halides is 6. The molecule has 0 radical (unpaired) electrons. The Labute approximate surface area is 170 Å². The molecule has 2 aromatic heterocycles. The smallest absolute Gasteiger partial charge is 0.406 e. The van der Waals surface area contributed by atoms with Gasteiger partial charge < -0.3 is 10.5 Å². The van der Waals surface area contributed by atoms with Crippen molar-refractivity contribution in [3.63, 3.8) is 0 Å². The second kappa shape index (κ2) is 7.18. The van der Waals surface area contributed by atoms with Crippen molar-refractivity contribution in [3.05, 3.63) is 34.2 Å². The molecular formula is C17H14ClF6N5O. The van der Waals surface area contributed by atoms with Gasteiger partial charge in [-0.3, -0.25) is 0 Å². The highest BCUT2D eigenvalue weighted by Gasteiger charge is 2.38. The van der Waals surface area contributed by atoms with E-state index in [0.717, 1.165) is 16.8 Å². The second-order valence-electron chi connectivity index (χ2n) is 6.70. The molecule has 6 nitrogen and oxygen atoms in total. The summed E-state index contributed by atoms with van der Waals surface area (Å²) < 4.78 is 82.9. The number of hydrogen-bond donors (Lipinski definition) is 1. The molecule has 13 heteroatoms. The molecule has 0 aliphatic rings. The zero-order valence-electron chi connectivity index (χ0n) is 15.7. The van der Waals surface area contributed by atoms with Crippen LogP contribution in [-0.2, 0) is 6.18 Å². The maximum absolute atomic E-state index is 13.6.